The number of aryl methyl sites for hydroxylation is 1. The number of hydrogen-bond acceptors (Lipinski definition) is 4. The lowest BCUT2D eigenvalue weighted by molar-refractivity contribution is -0.139. The van der Waals surface area contributed by atoms with Gasteiger partial charge in [-0.05, 0) is 44.7 Å². The minimum atomic E-state index is -0.816. The number of carbonyl (C=O) groups excluding carboxylic acids is 3. The van der Waals surface area contributed by atoms with Gasteiger partial charge in [0.15, 0.2) is 0 Å². The van der Waals surface area contributed by atoms with Gasteiger partial charge in [0.2, 0.25) is 0 Å². The monoisotopic (exact) mass is 359 g/mol. The zero-order chi connectivity index (χ0) is 18.7. The average Bonchev–Trinajstić information content (AvgIpc) is 3.07. The molecule has 0 aliphatic carbocycles. The summed E-state index contributed by atoms with van der Waals surface area (Å²) < 4.78 is 4.56. The second-order valence-corrected chi connectivity index (χ2v) is 6.92. The first-order chi connectivity index (χ1) is 12.5. The average molecular weight is 359 g/mol. The number of rotatable bonds is 3. The molecule has 0 bridgehead atoms. The summed E-state index contributed by atoms with van der Waals surface area (Å²) in [4.78, 5) is 40.7. The van der Waals surface area contributed by atoms with Crippen LogP contribution in [-0.4, -0.2) is 55.1 Å². The molecule has 1 N–H and O–H groups in total. The third-order valence-corrected chi connectivity index (χ3v) is 5.31. The Kier molecular flexibility index (Phi) is 5.15. The Morgan fingerprint density at radius 3 is 2.46 bits per heavy atom. The van der Waals surface area contributed by atoms with E-state index in [0.717, 1.165) is 24.1 Å². The largest absolute Gasteiger partial charge is 0.468 e. The molecule has 0 saturated carbocycles. The number of nitrogens with one attached hydrogen (secondary N) is 1. The quantitative estimate of drug-likeness (QED) is 0.835. The standard InChI is InChI=1S/C19H25N3O4/c1-14-5-7-15(8-6-14)21-11-3-9-19(17(21)24)10-4-12-22(19)18(25)20-13-16(23)26-2/h5-8H,3-4,9-13H2,1-2H3,(H,20,25). The summed E-state index contributed by atoms with van der Waals surface area (Å²) in [5.74, 6) is -0.541. The summed E-state index contributed by atoms with van der Waals surface area (Å²) in [6, 6.07) is 7.48. The molecule has 1 atom stereocenters. The van der Waals surface area contributed by atoms with Gasteiger partial charge in [-0.3, -0.25) is 9.59 Å². The smallest absolute Gasteiger partial charge is 0.325 e. The summed E-state index contributed by atoms with van der Waals surface area (Å²) in [6.45, 7) is 2.98. The number of methoxy groups -OCH3 is 1. The first-order valence-corrected chi connectivity index (χ1v) is 8.99. The van der Waals surface area contributed by atoms with Gasteiger partial charge in [-0.25, -0.2) is 4.79 Å². The van der Waals surface area contributed by atoms with Crippen molar-refractivity contribution in [3.63, 3.8) is 0 Å². The number of anilines is 1. The van der Waals surface area contributed by atoms with E-state index in [-0.39, 0.29) is 18.5 Å². The summed E-state index contributed by atoms with van der Waals surface area (Å²) in [5, 5.41) is 2.57. The van der Waals surface area contributed by atoms with Crippen molar-refractivity contribution in [2.75, 3.05) is 31.6 Å². The van der Waals surface area contributed by atoms with Crippen molar-refractivity contribution in [1.82, 2.24) is 10.2 Å². The fourth-order valence-electron chi connectivity index (χ4n) is 3.93. The van der Waals surface area contributed by atoms with Crippen LogP contribution >= 0.6 is 0 Å². The Hall–Kier alpha value is -2.57. The van der Waals surface area contributed by atoms with E-state index in [2.05, 4.69) is 10.1 Å². The Balaban J connectivity index is 1.80. The minimum Gasteiger partial charge on any atom is -0.468 e. The third kappa shape index (κ3) is 3.25. The van der Waals surface area contributed by atoms with Crippen LogP contribution in [-0.2, 0) is 14.3 Å². The molecule has 1 unspecified atom stereocenters. The second-order valence-electron chi connectivity index (χ2n) is 6.92. The molecular formula is C19H25N3O4. The van der Waals surface area contributed by atoms with Gasteiger partial charge in [0.05, 0.1) is 7.11 Å². The van der Waals surface area contributed by atoms with E-state index in [1.165, 1.54) is 7.11 Å². The first-order valence-electron chi connectivity index (χ1n) is 8.99. The maximum Gasteiger partial charge on any atom is 0.325 e. The highest BCUT2D eigenvalue weighted by atomic mass is 16.5. The molecule has 1 aromatic carbocycles. The van der Waals surface area contributed by atoms with Crippen LogP contribution in [0.15, 0.2) is 24.3 Å². The van der Waals surface area contributed by atoms with Crippen LogP contribution in [0.5, 0.6) is 0 Å². The maximum absolute atomic E-state index is 13.4. The molecule has 7 heteroatoms. The van der Waals surface area contributed by atoms with Crippen LogP contribution in [0.4, 0.5) is 10.5 Å². The van der Waals surface area contributed by atoms with E-state index in [0.29, 0.717) is 25.9 Å². The number of benzene rings is 1. The maximum atomic E-state index is 13.4. The van der Waals surface area contributed by atoms with Crippen LogP contribution in [0.3, 0.4) is 0 Å². The van der Waals surface area contributed by atoms with Gasteiger partial charge in [0.1, 0.15) is 12.1 Å². The lowest BCUT2D eigenvalue weighted by Gasteiger charge is -2.44. The number of amides is 3. The molecule has 2 aliphatic rings. The Labute approximate surface area is 153 Å². The van der Waals surface area contributed by atoms with Crippen molar-refractivity contribution < 1.29 is 19.1 Å². The number of esters is 1. The summed E-state index contributed by atoms with van der Waals surface area (Å²) >= 11 is 0. The van der Waals surface area contributed by atoms with Crippen LogP contribution in [0, 0.1) is 6.92 Å². The van der Waals surface area contributed by atoms with E-state index < -0.39 is 11.5 Å². The summed E-state index contributed by atoms with van der Waals surface area (Å²) in [6.07, 6.45) is 2.92. The zero-order valence-electron chi connectivity index (χ0n) is 15.3. The molecule has 1 spiro atoms. The van der Waals surface area contributed by atoms with Crippen LogP contribution in [0.25, 0.3) is 0 Å². The summed E-state index contributed by atoms with van der Waals surface area (Å²) in [5.41, 5.74) is 1.18. The van der Waals surface area contributed by atoms with Gasteiger partial charge in [-0.15, -0.1) is 0 Å². The summed E-state index contributed by atoms with van der Waals surface area (Å²) in [7, 11) is 1.27. The molecule has 2 aliphatic heterocycles. The molecule has 0 radical (unpaired) electrons. The normalized spacial score (nSPS) is 22.6. The Bertz CT molecular complexity index is 703. The fourth-order valence-corrected chi connectivity index (χ4v) is 3.93. The third-order valence-electron chi connectivity index (χ3n) is 5.31. The van der Waals surface area contributed by atoms with Crippen molar-refractivity contribution in [1.29, 1.82) is 0 Å². The molecule has 3 rings (SSSR count). The molecule has 26 heavy (non-hydrogen) atoms. The molecule has 2 heterocycles. The lowest BCUT2D eigenvalue weighted by atomic mass is 9.85. The highest BCUT2D eigenvalue weighted by Gasteiger charge is 2.53. The van der Waals surface area contributed by atoms with Crippen LogP contribution in [0.1, 0.15) is 31.2 Å². The number of nitrogens with zero attached hydrogens (tertiary/aromatic N) is 2. The molecule has 2 saturated heterocycles. The predicted molar refractivity (Wildman–Crippen MR) is 96.9 cm³/mol. The number of urea groups is 1. The molecule has 3 amide bonds. The fraction of sp³-hybridized carbons (Fsp3) is 0.526. The van der Waals surface area contributed by atoms with Crippen molar-refractivity contribution >= 4 is 23.6 Å². The number of piperidine rings is 1. The van der Waals surface area contributed by atoms with Gasteiger partial charge in [-0.1, -0.05) is 17.7 Å². The van der Waals surface area contributed by atoms with Gasteiger partial charge >= 0.3 is 12.0 Å². The predicted octanol–water partition coefficient (Wildman–Crippen LogP) is 1.84. The van der Waals surface area contributed by atoms with Gasteiger partial charge in [0.25, 0.3) is 5.91 Å². The van der Waals surface area contributed by atoms with E-state index in [9.17, 15) is 14.4 Å². The van der Waals surface area contributed by atoms with E-state index in [1.54, 1.807) is 9.80 Å². The number of carbonyl (C=O) groups is 3. The van der Waals surface area contributed by atoms with Gasteiger partial charge < -0.3 is 19.9 Å². The lowest BCUT2D eigenvalue weighted by Crippen LogP contribution is -2.63. The Morgan fingerprint density at radius 2 is 1.81 bits per heavy atom. The Morgan fingerprint density at radius 1 is 1.15 bits per heavy atom. The van der Waals surface area contributed by atoms with Crippen LogP contribution in [0.2, 0.25) is 0 Å². The molecule has 140 valence electrons. The molecule has 0 aromatic heterocycles. The van der Waals surface area contributed by atoms with Crippen molar-refractivity contribution in [3.8, 4) is 0 Å². The first kappa shape index (κ1) is 18.2. The SMILES string of the molecule is COC(=O)CNC(=O)N1CCCC12CCCN(c1ccc(C)cc1)C2=O. The highest BCUT2D eigenvalue weighted by molar-refractivity contribution is 6.03. The number of ether oxygens (including phenoxy) is 1. The second kappa shape index (κ2) is 7.35. The molecular weight excluding hydrogens is 334 g/mol. The number of hydrogen-bond donors (Lipinski definition) is 1. The van der Waals surface area contributed by atoms with E-state index >= 15 is 0 Å². The molecule has 1 aromatic rings. The van der Waals surface area contributed by atoms with E-state index in [1.807, 2.05) is 31.2 Å². The van der Waals surface area contributed by atoms with Crippen molar-refractivity contribution in [2.24, 2.45) is 0 Å². The molecule has 7 nitrogen and oxygen atoms in total. The topological polar surface area (TPSA) is 79.0 Å². The number of likely N-dealkylation sites (tertiary alicyclic amines) is 1. The van der Waals surface area contributed by atoms with Crippen molar-refractivity contribution in [2.45, 2.75) is 38.1 Å². The van der Waals surface area contributed by atoms with E-state index in [4.69, 9.17) is 0 Å². The van der Waals surface area contributed by atoms with Crippen LogP contribution < -0.4 is 10.2 Å². The molecule has 2 fully saturated rings. The highest BCUT2D eigenvalue weighted by Crippen LogP contribution is 2.39. The minimum absolute atomic E-state index is 0.0293. The van der Waals surface area contributed by atoms with Gasteiger partial charge in [0, 0.05) is 18.8 Å². The van der Waals surface area contributed by atoms with Gasteiger partial charge in [-0.2, -0.15) is 0 Å². The zero-order valence-corrected chi connectivity index (χ0v) is 15.3. The van der Waals surface area contributed by atoms with Crippen molar-refractivity contribution in [3.05, 3.63) is 29.8 Å².